The van der Waals surface area contributed by atoms with Crippen LogP contribution in [0, 0.1) is 0 Å². The minimum absolute atomic E-state index is 0.150. The van der Waals surface area contributed by atoms with Crippen molar-refractivity contribution in [1.82, 2.24) is 9.88 Å². The summed E-state index contributed by atoms with van der Waals surface area (Å²) in [6.07, 6.45) is 6.44. The third-order valence-corrected chi connectivity index (χ3v) is 3.30. The van der Waals surface area contributed by atoms with Crippen LogP contribution in [0.4, 0.5) is 0 Å². The van der Waals surface area contributed by atoms with E-state index in [0.717, 1.165) is 13.1 Å². The summed E-state index contributed by atoms with van der Waals surface area (Å²) in [4.78, 5) is 11.3. The minimum Gasteiger partial charge on any atom is -0.391 e. The van der Waals surface area contributed by atoms with Gasteiger partial charge >= 0.3 is 0 Å². The number of oxime groups is 1. The lowest BCUT2D eigenvalue weighted by atomic mass is 10.1. The Bertz CT molecular complexity index is 418. The van der Waals surface area contributed by atoms with E-state index >= 15 is 0 Å². The van der Waals surface area contributed by atoms with Gasteiger partial charge in [0.2, 0.25) is 0 Å². The molecule has 1 aromatic rings. The van der Waals surface area contributed by atoms with E-state index in [4.69, 9.17) is 10.6 Å². The van der Waals surface area contributed by atoms with E-state index in [1.807, 2.05) is 0 Å². The first kappa shape index (κ1) is 14.7. The second-order valence-corrected chi connectivity index (χ2v) is 5.03. The van der Waals surface area contributed by atoms with Gasteiger partial charge in [-0.2, -0.15) is 0 Å². The SMILES string of the molecule is N/C(=N\OC[C@H](O)CN1CCCCC1)c1cccnc1. The largest absolute Gasteiger partial charge is 0.391 e. The minimum atomic E-state index is -0.543. The first-order chi connectivity index (χ1) is 9.75. The second-order valence-electron chi connectivity index (χ2n) is 5.03. The van der Waals surface area contributed by atoms with Crippen LogP contribution in [-0.2, 0) is 4.84 Å². The lowest BCUT2D eigenvalue weighted by Gasteiger charge is -2.27. The highest BCUT2D eigenvalue weighted by atomic mass is 16.6. The van der Waals surface area contributed by atoms with Crippen LogP contribution in [0.15, 0.2) is 29.7 Å². The van der Waals surface area contributed by atoms with Crippen LogP contribution in [0.1, 0.15) is 24.8 Å². The average Bonchev–Trinajstić information content (AvgIpc) is 2.49. The number of amidine groups is 1. The molecule has 2 heterocycles. The third-order valence-electron chi connectivity index (χ3n) is 3.30. The molecule has 0 bridgehead atoms. The van der Waals surface area contributed by atoms with E-state index in [1.54, 1.807) is 24.5 Å². The maximum atomic E-state index is 9.90. The van der Waals surface area contributed by atoms with E-state index in [-0.39, 0.29) is 12.4 Å². The zero-order chi connectivity index (χ0) is 14.2. The van der Waals surface area contributed by atoms with Crippen LogP contribution in [0.25, 0.3) is 0 Å². The van der Waals surface area contributed by atoms with Gasteiger partial charge in [0.25, 0.3) is 0 Å². The van der Waals surface area contributed by atoms with Crippen molar-refractivity contribution >= 4 is 5.84 Å². The molecule has 0 unspecified atom stereocenters. The summed E-state index contributed by atoms with van der Waals surface area (Å²) in [6.45, 7) is 2.89. The highest BCUT2D eigenvalue weighted by Gasteiger charge is 2.14. The predicted octanol–water partition coefficient (Wildman–Crippen LogP) is 0.565. The first-order valence-corrected chi connectivity index (χ1v) is 7.02. The Morgan fingerprint density at radius 1 is 1.45 bits per heavy atom. The number of aliphatic hydroxyl groups excluding tert-OH is 1. The van der Waals surface area contributed by atoms with E-state index in [1.165, 1.54) is 19.3 Å². The molecule has 2 rings (SSSR count). The monoisotopic (exact) mass is 278 g/mol. The van der Waals surface area contributed by atoms with Gasteiger partial charge < -0.3 is 20.6 Å². The molecule has 0 aromatic carbocycles. The van der Waals surface area contributed by atoms with Gasteiger partial charge in [-0.05, 0) is 38.1 Å². The molecule has 0 amide bonds. The van der Waals surface area contributed by atoms with Crippen molar-refractivity contribution in [2.45, 2.75) is 25.4 Å². The summed E-state index contributed by atoms with van der Waals surface area (Å²) in [6, 6.07) is 3.59. The number of aliphatic hydroxyl groups is 1. The van der Waals surface area contributed by atoms with Crippen LogP contribution in [0.5, 0.6) is 0 Å². The lowest BCUT2D eigenvalue weighted by molar-refractivity contribution is 0.0157. The van der Waals surface area contributed by atoms with Crippen molar-refractivity contribution < 1.29 is 9.94 Å². The van der Waals surface area contributed by atoms with Gasteiger partial charge in [-0.25, -0.2) is 0 Å². The standard InChI is InChI=1S/C14H22N4O2/c15-14(12-5-4-6-16-9-12)17-20-11-13(19)10-18-7-2-1-3-8-18/h4-6,9,13,19H,1-3,7-8,10-11H2,(H2,15,17)/t13-/m1/s1. The van der Waals surface area contributed by atoms with Gasteiger partial charge in [0.1, 0.15) is 12.7 Å². The number of hydrogen-bond donors (Lipinski definition) is 2. The van der Waals surface area contributed by atoms with Crippen molar-refractivity contribution in [1.29, 1.82) is 0 Å². The number of aromatic nitrogens is 1. The molecular formula is C14H22N4O2. The van der Waals surface area contributed by atoms with Crippen molar-refractivity contribution in [2.24, 2.45) is 10.9 Å². The molecule has 1 aliphatic heterocycles. The molecule has 0 spiro atoms. The van der Waals surface area contributed by atoms with Crippen LogP contribution in [0.3, 0.4) is 0 Å². The Morgan fingerprint density at radius 3 is 2.95 bits per heavy atom. The molecule has 6 heteroatoms. The van der Waals surface area contributed by atoms with Crippen molar-refractivity contribution in [3.63, 3.8) is 0 Å². The maximum Gasteiger partial charge on any atom is 0.171 e. The smallest absolute Gasteiger partial charge is 0.171 e. The molecule has 20 heavy (non-hydrogen) atoms. The molecule has 6 nitrogen and oxygen atoms in total. The fourth-order valence-corrected chi connectivity index (χ4v) is 2.25. The molecule has 1 aromatic heterocycles. The quantitative estimate of drug-likeness (QED) is 0.451. The normalized spacial score (nSPS) is 18.8. The summed E-state index contributed by atoms with van der Waals surface area (Å²) < 4.78 is 0. The first-order valence-electron chi connectivity index (χ1n) is 7.02. The number of rotatable bonds is 6. The van der Waals surface area contributed by atoms with Crippen molar-refractivity contribution in [2.75, 3.05) is 26.2 Å². The Balaban J connectivity index is 1.71. The molecule has 0 aliphatic carbocycles. The highest BCUT2D eigenvalue weighted by Crippen LogP contribution is 2.09. The van der Waals surface area contributed by atoms with E-state index < -0.39 is 6.10 Å². The van der Waals surface area contributed by atoms with Crippen LogP contribution in [0.2, 0.25) is 0 Å². The van der Waals surface area contributed by atoms with Gasteiger partial charge in [-0.1, -0.05) is 11.6 Å². The Morgan fingerprint density at radius 2 is 2.25 bits per heavy atom. The predicted molar refractivity (Wildman–Crippen MR) is 77.2 cm³/mol. The molecule has 1 atom stereocenters. The Labute approximate surface area is 119 Å². The molecule has 3 N–H and O–H groups in total. The third kappa shape index (κ3) is 4.79. The second kappa shape index (κ2) is 7.81. The molecule has 1 aliphatic rings. The van der Waals surface area contributed by atoms with Crippen LogP contribution < -0.4 is 5.73 Å². The Hall–Kier alpha value is -1.66. The van der Waals surface area contributed by atoms with E-state index in [2.05, 4.69) is 15.0 Å². The summed E-state index contributed by atoms with van der Waals surface area (Å²) >= 11 is 0. The summed E-state index contributed by atoms with van der Waals surface area (Å²) in [5, 5.41) is 13.7. The van der Waals surface area contributed by atoms with E-state index in [0.29, 0.717) is 12.1 Å². The molecule has 0 saturated carbocycles. The summed E-state index contributed by atoms with van der Waals surface area (Å²) in [7, 11) is 0. The zero-order valence-electron chi connectivity index (χ0n) is 11.6. The molecule has 110 valence electrons. The number of hydrogen-bond acceptors (Lipinski definition) is 5. The van der Waals surface area contributed by atoms with Gasteiger partial charge in [0.05, 0.1) is 0 Å². The maximum absolute atomic E-state index is 9.90. The fraction of sp³-hybridized carbons (Fsp3) is 0.571. The number of piperidine rings is 1. The topological polar surface area (TPSA) is 84.0 Å². The molecule has 1 fully saturated rings. The molecular weight excluding hydrogens is 256 g/mol. The van der Waals surface area contributed by atoms with Gasteiger partial charge in [-0.15, -0.1) is 0 Å². The zero-order valence-corrected chi connectivity index (χ0v) is 11.6. The van der Waals surface area contributed by atoms with E-state index in [9.17, 15) is 5.11 Å². The molecule has 0 radical (unpaired) electrons. The van der Waals surface area contributed by atoms with Gasteiger partial charge in [0, 0.05) is 24.5 Å². The molecule has 1 saturated heterocycles. The van der Waals surface area contributed by atoms with Gasteiger partial charge in [0.15, 0.2) is 5.84 Å². The van der Waals surface area contributed by atoms with Gasteiger partial charge in [-0.3, -0.25) is 4.98 Å². The number of β-amino-alcohol motifs (C(OH)–C–C–N with tert-alkyl or cyclic N) is 1. The highest BCUT2D eigenvalue weighted by molar-refractivity contribution is 5.96. The number of pyridine rings is 1. The van der Waals surface area contributed by atoms with Crippen molar-refractivity contribution in [3.8, 4) is 0 Å². The van der Waals surface area contributed by atoms with Crippen LogP contribution in [-0.4, -0.2) is 53.2 Å². The summed E-state index contributed by atoms with van der Waals surface area (Å²) in [5.74, 6) is 0.267. The van der Waals surface area contributed by atoms with Crippen LogP contribution >= 0.6 is 0 Å². The fourth-order valence-electron chi connectivity index (χ4n) is 2.25. The summed E-state index contributed by atoms with van der Waals surface area (Å²) in [5.41, 5.74) is 6.46. The lowest BCUT2D eigenvalue weighted by Crippen LogP contribution is -2.38. The number of nitrogens with two attached hydrogens (primary N) is 1. The number of likely N-dealkylation sites (tertiary alicyclic amines) is 1. The number of nitrogens with zero attached hydrogens (tertiary/aromatic N) is 3. The van der Waals surface area contributed by atoms with Crippen molar-refractivity contribution in [3.05, 3.63) is 30.1 Å². The Kier molecular flexibility index (Phi) is 5.76. The average molecular weight is 278 g/mol.